The van der Waals surface area contributed by atoms with Gasteiger partial charge in [-0.1, -0.05) is 6.07 Å². The molecule has 2 aromatic rings. The van der Waals surface area contributed by atoms with Crippen LogP contribution in [0.5, 0.6) is 0 Å². The van der Waals surface area contributed by atoms with Crippen molar-refractivity contribution >= 4 is 17.2 Å². The average Bonchev–Trinajstić information content (AvgIpc) is 2.82. The van der Waals surface area contributed by atoms with Crippen molar-refractivity contribution in [1.82, 2.24) is 4.98 Å². The van der Waals surface area contributed by atoms with Gasteiger partial charge in [0.1, 0.15) is 5.82 Å². The summed E-state index contributed by atoms with van der Waals surface area (Å²) in [5.41, 5.74) is 5.22. The SMILES string of the molecule is c1cnc2c(c1)CCc1cc(N3CC4CCC(C3)O4)ccc1N2. The van der Waals surface area contributed by atoms with Crippen LogP contribution < -0.4 is 10.2 Å². The summed E-state index contributed by atoms with van der Waals surface area (Å²) in [6, 6.07) is 11.0. The molecule has 118 valence electrons. The first-order valence-electron chi connectivity index (χ1n) is 8.59. The molecule has 2 unspecified atom stereocenters. The second-order valence-corrected chi connectivity index (χ2v) is 6.84. The second-order valence-electron chi connectivity index (χ2n) is 6.84. The van der Waals surface area contributed by atoms with Gasteiger partial charge in [-0.25, -0.2) is 4.98 Å². The third kappa shape index (κ3) is 2.38. The first-order valence-corrected chi connectivity index (χ1v) is 8.59. The number of hydrogen-bond donors (Lipinski definition) is 1. The normalized spacial score (nSPS) is 25.3. The van der Waals surface area contributed by atoms with Crippen molar-refractivity contribution in [2.45, 2.75) is 37.9 Å². The zero-order valence-corrected chi connectivity index (χ0v) is 13.2. The summed E-state index contributed by atoms with van der Waals surface area (Å²) >= 11 is 0. The summed E-state index contributed by atoms with van der Waals surface area (Å²) in [4.78, 5) is 6.98. The Kier molecular flexibility index (Phi) is 3.05. The van der Waals surface area contributed by atoms with E-state index in [0.717, 1.165) is 31.7 Å². The van der Waals surface area contributed by atoms with E-state index < -0.39 is 0 Å². The largest absolute Gasteiger partial charge is 0.371 e. The van der Waals surface area contributed by atoms with Crippen LogP contribution >= 0.6 is 0 Å². The van der Waals surface area contributed by atoms with E-state index in [1.165, 1.54) is 35.3 Å². The van der Waals surface area contributed by atoms with Crippen molar-refractivity contribution in [3.8, 4) is 0 Å². The van der Waals surface area contributed by atoms with Gasteiger partial charge in [0.25, 0.3) is 0 Å². The predicted molar refractivity (Wildman–Crippen MR) is 91.5 cm³/mol. The van der Waals surface area contributed by atoms with E-state index in [-0.39, 0.29) is 0 Å². The van der Waals surface area contributed by atoms with Crippen LogP contribution in [-0.2, 0) is 17.6 Å². The van der Waals surface area contributed by atoms with Gasteiger partial charge < -0.3 is 15.0 Å². The number of benzene rings is 1. The van der Waals surface area contributed by atoms with E-state index in [1.54, 1.807) is 0 Å². The molecular weight excluding hydrogens is 286 g/mol. The molecule has 23 heavy (non-hydrogen) atoms. The number of hydrogen-bond acceptors (Lipinski definition) is 4. The number of fused-ring (bicyclic) bond motifs is 4. The number of nitrogens with one attached hydrogen (secondary N) is 1. The van der Waals surface area contributed by atoms with Crippen molar-refractivity contribution < 1.29 is 4.74 Å². The highest BCUT2D eigenvalue weighted by atomic mass is 16.5. The molecule has 4 heteroatoms. The van der Waals surface area contributed by atoms with Gasteiger partial charge in [-0.05, 0) is 61.1 Å². The minimum Gasteiger partial charge on any atom is -0.371 e. The molecule has 1 aromatic carbocycles. The molecule has 1 N–H and O–H groups in total. The molecular formula is C19H21N3O. The van der Waals surface area contributed by atoms with Crippen molar-refractivity contribution in [2.24, 2.45) is 0 Å². The van der Waals surface area contributed by atoms with Gasteiger partial charge in [-0.15, -0.1) is 0 Å². The third-order valence-corrected chi connectivity index (χ3v) is 5.31. The summed E-state index contributed by atoms with van der Waals surface area (Å²) < 4.78 is 5.96. The number of rotatable bonds is 1. The fourth-order valence-corrected chi connectivity index (χ4v) is 4.08. The number of morpholine rings is 1. The highest BCUT2D eigenvalue weighted by Crippen LogP contribution is 2.34. The highest BCUT2D eigenvalue weighted by molar-refractivity contribution is 5.69. The van der Waals surface area contributed by atoms with Crippen LogP contribution in [-0.4, -0.2) is 30.3 Å². The number of anilines is 3. The topological polar surface area (TPSA) is 37.4 Å². The molecule has 4 heterocycles. The third-order valence-electron chi connectivity index (χ3n) is 5.31. The van der Waals surface area contributed by atoms with Crippen molar-refractivity contribution in [1.29, 1.82) is 0 Å². The lowest BCUT2D eigenvalue weighted by Crippen LogP contribution is -2.42. The van der Waals surface area contributed by atoms with E-state index in [9.17, 15) is 0 Å². The summed E-state index contributed by atoms with van der Waals surface area (Å²) in [6.07, 6.45) is 7.25. The average molecular weight is 307 g/mol. The Balaban J connectivity index is 1.45. The van der Waals surface area contributed by atoms with Gasteiger partial charge in [0, 0.05) is 30.7 Å². The van der Waals surface area contributed by atoms with E-state index in [1.807, 2.05) is 12.3 Å². The zero-order valence-electron chi connectivity index (χ0n) is 13.2. The van der Waals surface area contributed by atoms with Gasteiger partial charge in [-0.3, -0.25) is 0 Å². The Morgan fingerprint density at radius 1 is 1.04 bits per heavy atom. The lowest BCUT2D eigenvalue weighted by Gasteiger charge is -2.34. The zero-order chi connectivity index (χ0) is 15.2. The van der Waals surface area contributed by atoms with Crippen LogP contribution in [0.4, 0.5) is 17.2 Å². The van der Waals surface area contributed by atoms with E-state index in [2.05, 4.69) is 39.5 Å². The number of aromatic nitrogens is 1. The van der Waals surface area contributed by atoms with E-state index in [4.69, 9.17) is 4.74 Å². The fourth-order valence-electron chi connectivity index (χ4n) is 4.08. The van der Waals surface area contributed by atoms with Gasteiger partial charge in [0.05, 0.1) is 12.2 Å². The molecule has 0 spiro atoms. The highest BCUT2D eigenvalue weighted by Gasteiger charge is 2.33. The van der Waals surface area contributed by atoms with Crippen LogP contribution in [0.3, 0.4) is 0 Å². The summed E-state index contributed by atoms with van der Waals surface area (Å²) in [6.45, 7) is 2.06. The lowest BCUT2D eigenvalue weighted by atomic mass is 10.0. The quantitative estimate of drug-likeness (QED) is 0.877. The molecule has 0 aliphatic carbocycles. The van der Waals surface area contributed by atoms with E-state index >= 15 is 0 Å². The van der Waals surface area contributed by atoms with Gasteiger partial charge >= 0.3 is 0 Å². The van der Waals surface area contributed by atoms with Crippen LogP contribution in [0.15, 0.2) is 36.5 Å². The van der Waals surface area contributed by atoms with Gasteiger partial charge in [-0.2, -0.15) is 0 Å². The van der Waals surface area contributed by atoms with E-state index in [0.29, 0.717) is 12.2 Å². The van der Waals surface area contributed by atoms with Crippen LogP contribution in [0.1, 0.15) is 24.0 Å². The summed E-state index contributed by atoms with van der Waals surface area (Å²) in [7, 11) is 0. The molecule has 2 fully saturated rings. The maximum atomic E-state index is 5.96. The monoisotopic (exact) mass is 307 g/mol. The van der Waals surface area contributed by atoms with Gasteiger partial charge in [0.15, 0.2) is 0 Å². The predicted octanol–water partition coefficient (Wildman–Crippen LogP) is 3.29. The number of nitrogens with zero attached hydrogens (tertiary/aromatic N) is 2. The first kappa shape index (κ1) is 13.4. The van der Waals surface area contributed by atoms with Crippen LogP contribution in [0.2, 0.25) is 0 Å². The maximum Gasteiger partial charge on any atom is 0.133 e. The summed E-state index contributed by atoms with van der Waals surface area (Å²) in [5, 5.41) is 3.51. The molecule has 2 saturated heterocycles. The van der Waals surface area contributed by atoms with Gasteiger partial charge in [0.2, 0.25) is 0 Å². The Morgan fingerprint density at radius 2 is 1.87 bits per heavy atom. The molecule has 0 saturated carbocycles. The molecule has 1 aromatic heterocycles. The molecule has 0 amide bonds. The smallest absolute Gasteiger partial charge is 0.133 e. The summed E-state index contributed by atoms with van der Waals surface area (Å²) in [5.74, 6) is 1.00. The Labute approximate surface area is 136 Å². The first-order chi connectivity index (χ1) is 11.3. The molecule has 3 aliphatic rings. The minimum absolute atomic E-state index is 0.430. The van der Waals surface area contributed by atoms with Crippen LogP contribution in [0.25, 0.3) is 0 Å². The minimum atomic E-state index is 0.430. The Hall–Kier alpha value is -2.07. The number of aryl methyl sites for hydroxylation is 2. The molecule has 0 radical (unpaired) electrons. The molecule has 5 rings (SSSR count). The Morgan fingerprint density at radius 3 is 2.74 bits per heavy atom. The lowest BCUT2D eigenvalue weighted by molar-refractivity contribution is 0.0305. The Bertz CT molecular complexity index is 733. The fraction of sp³-hybridized carbons (Fsp3) is 0.421. The van der Waals surface area contributed by atoms with Crippen LogP contribution in [0, 0.1) is 0 Å². The molecule has 2 atom stereocenters. The maximum absolute atomic E-state index is 5.96. The molecule has 2 bridgehead atoms. The second kappa shape index (κ2) is 5.24. The van der Waals surface area contributed by atoms with Crippen molar-refractivity contribution in [3.63, 3.8) is 0 Å². The number of pyridine rings is 1. The van der Waals surface area contributed by atoms with Crippen molar-refractivity contribution in [3.05, 3.63) is 47.7 Å². The molecule has 3 aliphatic heterocycles. The standard InChI is InChI=1S/C19H21N3O/c1-2-13-3-4-14-10-15(5-8-18(14)21-19(13)20-9-1)22-11-16-6-7-17(12-22)23-16/h1-2,5,8-10,16-17H,3-4,6-7,11-12H2,(H,20,21). The molecule has 4 nitrogen and oxygen atoms in total. The van der Waals surface area contributed by atoms with Crippen molar-refractivity contribution in [2.75, 3.05) is 23.3 Å². The number of ether oxygens (including phenoxy) is 1.